The first-order valence-electron chi connectivity index (χ1n) is 6.40. The lowest BCUT2D eigenvalue weighted by Crippen LogP contribution is -2.29. The molecule has 1 aromatic heterocycles. The average Bonchev–Trinajstić information content (AvgIpc) is 2.93. The molecule has 1 aromatic carbocycles. The van der Waals surface area contributed by atoms with Gasteiger partial charge in [0.15, 0.2) is 5.13 Å². The second-order valence-electron chi connectivity index (χ2n) is 4.69. The first-order chi connectivity index (χ1) is 9.24. The summed E-state index contributed by atoms with van der Waals surface area (Å²) in [5, 5.41) is 4.35. The van der Waals surface area contributed by atoms with Gasteiger partial charge < -0.3 is 4.90 Å². The van der Waals surface area contributed by atoms with Gasteiger partial charge in [0.2, 0.25) is 0 Å². The van der Waals surface area contributed by atoms with Crippen molar-refractivity contribution in [2.45, 2.75) is 19.3 Å². The van der Waals surface area contributed by atoms with E-state index < -0.39 is 0 Å². The van der Waals surface area contributed by atoms with Crippen molar-refractivity contribution in [2.75, 3.05) is 18.0 Å². The van der Waals surface area contributed by atoms with Crippen molar-refractivity contribution in [1.29, 1.82) is 0 Å². The molecule has 0 saturated carbocycles. The first-order valence-corrected chi connectivity index (χ1v) is 8.03. The second-order valence-corrected chi connectivity index (χ2v) is 6.34. The van der Waals surface area contributed by atoms with Crippen LogP contribution in [0.5, 0.6) is 0 Å². The van der Waals surface area contributed by atoms with Crippen LogP contribution in [0, 0.1) is 0 Å². The molecule has 19 heavy (non-hydrogen) atoms. The summed E-state index contributed by atoms with van der Waals surface area (Å²) in [5.74, 6) is 0. The number of benzene rings is 1. The zero-order valence-electron chi connectivity index (χ0n) is 10.4. The third-order valence-corrected chi connectivity index (χ3v) is 4.97. The average molecular weight is 313 g/mol. The summed E-state index contributed by atoms with van der Waals surface area (Å²) in [6, 6.07) is 5.65. The Morgan fingerprint density at radius 2 is 1.84 bits per heavy atom. The van der Waals surface area contributed by atoms with Crippen molar-refractivity contribution in [3.63, 3.8) is 0 Å². The van der Waals surface area contributed by atoms with Gasteiger partial charge in [0.1, 0.15) is 0 Å². The number of anilines is 1. The predicted molar refractivity (Wildman–Crippen MR) is 83.6 cm³/mol. The zero-order chi connectivity index (χ0) is 13.2. The van der Waals surface area contributed by atoms with E-state index >= 15 is 0 Å². The van der Waals surface area contributed by atoms with Gasteiger partial charge in [0, 0.05) is 24.0 Å². The number of rotatable bonds is 2. The van der Waals surface area contributed by atoms with Crippen molar-refractivity contribution in [1.82, 2.24) is 4.98 Å². The fourth-order valence-corrected chi connectivity index (χ4v) is 3.47. The maximum absolute atomic E-state index is 6.05. The number of hydrogen-bond acceptors (Lipinski definition) is 3. The van der Waals surface area contributed by atoms with E-state index in [9.17, 15) is 0 Å². The van der Waals surface area contributed by atoms with Crippen LogP contribution in [0.4, 0.5) is 5.13 Å². The molecule has 2 nitrogen and oxygen atoms in total. The van der Waals surface area contributed by atoms with Gasteiger partial charge in [-0.05, 0) is 31.4 Å². The van der Waals surface area contributed by atoms with Crippen LogP contribution in [0.15, 0.2) is 23.6 Å². The molecular formula is C14H14Cl2N2S. The van der Waals surface area contributed by atoms with Gasteiger partial charge in [-0.1, -0.05) is 29.3 Å². The highest BCUT2D eigenvalue weighted by atomic mass is 35.5. The van der Waals surface area contributed by atoms with Crippen LogP contribution in [-0.2, 0) is 0 Å². The highest BCUT2D eigenvalue weighted by Gasteiger charge is 2.15. The van der Waals surface area contributed by atoms with Crippen LogP contribution in [-0.4, -0.2) is 18.1 Å². The lowest BCUT2D eigenvalue weighted by molar-refractivity contribution is 0.577. The maximum Gasteiger partial charge on any atom is 0.185 e. The van der Waals surface area contributed by atoms with Gasteiger partial charge in [-0.3, -0.25) is 0 Å². The largest absolute Gasteiger partial charge is 0.348 e. The molecule has 1 aliphatic heterocycles. The van der Waals surface area contributed by atoms with Gasteiger partial charge in [-0.15, -0.1) is 11.3 Å². The van der Waals surface area contributed by atoms with Crippen LogP contribution in [0.1, 0.15) is 19.3 Å². The number of piperidine rings is 1. The van der Waals surface area contributed by atoms with Gasteiger partial charge in [-0.2, -0.15) is 0 Å². The minimum atomic E-state index is 0.576. The SMILES string of the molecule is Clc1ccc(-c2csc(N3CCCCC3)n2)cc1Cl. The van der Waals surface area contributed by atoms with Crippen molar-refractivity contribution >= 4 is 39.7 Å². The van der Waals surface area contributed by atoms with Gasteiger partial charge in [0.05, 0.1) is 15.7 Å². The quantitative estimate of drug-likeness (QED) is 0.766. The molecule has 0 spiro atoms. The fourth-order valence-electron chi connectivity index (χ4n) is 2.28. The van der Waals surface area contributed by atoms with E-state index in [1.54, 1.807) is 11.3 Å². The monoisotopic (exact) mass is 312 g/mol. The third kappa shape index (κ3) is 2.88. The van der Waals surface area contributed by atoms with E-state index in [-0.39, 0.29) is 0 Å². The number of halogens is 2. The summed E-state index contributed by atoms with van der Waals surface area (Å²) in [6.07, 6.45) is 3.87. The molecule has 1 aliphatic rings. The highest BCUT2D eigenvalue weighted by molar-refractivity contribution is 7.14. The normalized spacial score (nSPS) is 15.8. The molecule has 0 unspecified atom stereocenters. The Labute approximate surface area is 127 Å². The molecule has 100 valence electrons. The Morgan fingerprint density at radius 1 is 1.05 bits per heavy atom. The van der Waals surface area contributed by atoms with Crippen LogP contribution >= 0.6 is 34.5 Å². The minimum absolute atomic E-state index is 0.576. The minimum Gasteiger partial charge on any atom is -0.348 e. The Bertz CT molecular complexity index is 577. The molecule has 0 N–H and O–H groups in total. The van der Waals surface area contributed by atoms with Crippen LogP contribution in [0.3, 0.4) is 0 Å². The smallest absolute Gasteiger partial charge is 0.185 e. The summed E-state index contributed by atoms with van der Waals surface area (Å²) in [5.41, 5.74) is 2.00. The summed E-state index contributed by atoms with van der Waals surface area (Å²) in [6.45, 7) is 2.24. The standard InChI is InChI=1S/C14H14Cl2N2S/c15-11-5-4-10(8-12(11)16)13-9-19-14(17-13)18-6-2-1-3-7-18/h4-5,8-9H,1-3,6-7H2. The van der Waals surface area contributed by atoms with Crippen LogP contribution in [0.25, 0.3) is 11.3 Å². The lowest BCUT2D eigenvalue weighted by atomic mass is 10.1. The Balaban J connectivity index is 1.85. The maximum atomic E-state index is 6.05. The molecular weight excluding hydrogens is 299 g/mol. The third-order valence-electron chi connectivity index (χ3n) is 3.33. The fraction of sp³-hybridized carbons (Fsp3) is 0.357. The van der Waals surface area contributed by atoms with Gasteiger partial charge in [-0.25, -0.2) is 4.98 Å². The predicted octanol–water partition coefficient (Wildman–Crippen LogP) is 5.11. The van der Waals surface area contributed by atoms with E-state index in [2.05, 4.69) is 10.3 Å². The topological polar surface area (TPSA) is 16.1 Å². The van der Waals surface area contributed by atoms with E-state index in [0.29, 0.717) is 10.0 Å². The number of aromatic nitrogens is 1. The molecule has 1 fully saturated rings. The molecule has 3 rings (SSSR count). The number of thiazole rings is 1. The number of hydrogen-bond donors (Lipinski definition) is 0. The van der Waals surface area contributed by atoms with E-state index in [4.69, 9.17) is 28.2 Å². The lowest BCUT2D eigenvalue weighted by Gasteiger charge is -2.25. The summed E-state index contributed by atoms with van der Waals surface area (Å²) < 4.78 is 0. The molecule has 2 aromatic rings. The van der Waals surface area contributed by atoms with E-state index in [1.807, 2.05) is 18.2 Å². The van der Waals surface area contributed by atoms with Crippen molar-refractivity contribution in [3.05, 3.63) is 33.6 Å². The summed E-state index contributed by atoms with van der Waals surface area (Å²) >= 11 is 13.7. The molecule has 1 saturated heterocycles. The van der Waals surface area contributed by atoms with Gasteiger partial charge in [0.25, 0.3) is 0 Å². The highest BCUT2D eigenvalue weighted by Crippen LogP contribution is 2.32. The van der Waals surface area contributed by atoms with Crippen LogP contribution < -0.4 is 4.90 Å². The Kier molecular flexibility index (Phi) is 3.96. The molecule has 0 atom stereocenters. The Morgan fingerprint density at radius 3 is 2.58 bits per heavy atom. The van der Waals surface area contributed by atoms with Crippen molar-refractivity contribution in [3.8, 4) is 11.3 Å². The molecule has 0 amide bonds. The van der Waals surface area contributed by atoms with Crippen molar-refractivity contribution in [2.24, 2.45) is 0 Å². The number of nitrogens with zero attached hydrogens (tertiary/aromatic N) is 2. The second kappa shape index (κ2) is 5.70. The zero-order valence-corrected chi connectivity index (χ0v) is 12.7. The van der Waals surface area contributed by atoms with E-state index in [0.717, 1.165) is 29.5 Å². The molecule has 5 heteroatoms. The summed E-state index contributed by atoms with van der Waals surface area (Å²) in [4.78, 5) is 7.09. The summed E-state index contributed by atoms with van der Waals surface area (Å²) in [7, 11) is 0. The molecule has 2 heterocycles. The first kappa shape index (κ1) is 13.2. The van der Waals surface area contributed by atoms with Crippen LogP contribution in [0.2, 0.25) is 10.0 Å². The van der Waals surface area contributed by atoms with Crippen molar-refractivity contribution < 1.29 is 0 Å². The molecule has 0 radical (unpaired) electrons. The van der Waals surface area contributed by atoms with Gasteiger partial charge >= 0.3 is 0 Å². The van der Waals surface area contributed by atoms with E-state index in [1.165, 1.54) is 19.3 Å². The molecule has 0 bridgehead atoms. The molecule has 0 aliphatic carbocycles. The Hall–Kier alpha value is -0.770.